The summed E-state index contributed by atoms with van der Waals surface area (Å²) in [6.45, 7) is 3.47. The second kappa shape index (κ2) is 5.11. The largest absolute Gasteiger partial charge is 0.454 e. The third-order valence-electron chi connectivity index (χ3n) is 4.21. The maximum Gasteiger partial charge on any atom is 0.256 e. The average molecular weight is 292 g/mol. The normalized spacial score (nSPS) is 24.2. The lowest BCUT2D eigenvalue weighted by Gasteiger charge is -2.39. The summed E-state index contributed by atoms with van der Waals surface area (Å²) in [5.74, 6) is 1.07. The van der Waals surface area contributed by atoms with Crippen LogP contribution in [0.1, 0.15) is 30.1 Å². The predicted molar refractivity (Wildman–Crippen MR) is 77.5 cm³/mol. The minimum absolute atomic E-state index is 0.0891. The molecule has 0 saturated carbocycles. The number of amides is 1. The molecule has 21 heavy (non-hydrogen) atoms. The van der Waals surface area contributed by atoms with Gasteiger partial charge in [-0.05, 0) is 25.8 Å². The summed E-state index contributed by atoms with van der Waals surface area (Å²) >= 11 is 0. The van der Waals surface area contributed by atoms with Crippen molar-refractivity contribution in [3.63, 3.8) is 0 Å². The first kappa shape index (κ1) is 14.0. The zero-order chi connectivity index (χ0) is 15.0. The number of piperidine rings is 1. The Bertz CT molecular complexity index is 575. The van der Waals surface area contributed by atoms with Gasteiger partial charge in [0.2, 0.25) is 6.79 Å². The molecule has 0 spiro atoms. The fourth-order valence-electron chi connectivity index (χ4n) is 2.86. The minimum Gasteiger partial charge on any atom is -0.454 e. The van der Waals surface area contributed by atoms with Crippen LogP contribution in [0.15, 0.2) is 12.1 Å². The van der Waals surface area contributed by atoms with Crippen molar-refractivity contribution in [2.45, 2.75) is 25.4 Å². The van der Waals surface area contributed by atoms with Crippen LogP contribution >= 0.6 is 0 Å². The Hall–Kier alpha value is -1.95. The molecule has 2 heterocycles. The Balaban J connectivity index is 1.85. The van der Waals surface area contributed by atoms with E-state index in [2.05, 4.69) is 0 Å². The first-order chi connectivity index (χ1) is 10.0. The SMILES string of the molecule is COC1(C)CCCN(C(=O)c2cc3c(cc2N)OCO3)C1. The van der Waals surface area contributed by atoms with Crippen LogP contribution < -0.4 is 15.2 Å². The van der Waals surface area contributed by atoms with Crippen molar-refractivity contribution in [2.24, 2.45) is 0 Å². The molecule has 1 amide bonds. The van der Waals surface area contributed by atoms with Crippen LogP contribution in [-0.4, -0.2) is 43.4 Å². The molecule has 1 saturated heterocycles. The van der Waals surface area contributed by atoms with Gasteiger partial charge in [0.25, 0.3) is 5.91 Å². The highest BCUT2D eigenvalue weighted by Crippen LogP contribution is 2.37. The lowest BCUT2D eigenvalue weighted by Crippen LogP contribution is -2.49. The van der Waals surface area contributed by atoms with Crippen LogP contribution in [0, 0.1) is 0 Å². The molecule has 3 rings (SSSR count). The van der Waals surface area contributed by atoms with E-state index in [4.69, 9.17) is 19.9 Å². The van der Waals surface area contributed by atoms with E-state index in [0.29, 0.717) is 35.8 Å². The molecule has 0 aliphatic carbocycles. The molecule has 0 aromatic heterocycles. The minimum atomic E-state index is -0.293. The van der Waals surface area contributed by atoms with Gasteiger partial charge in [-0.15, -0.1) is 0 Å². The van der Waals surface area contributed by atoms with Crippen LogP contribution in [0.2, 0.25) is 0 Å². The number of nitrogens with two attached hydrogens (primary N) is 1. The standard InChI is InChI=1S/C15H20N2O4/c1-15(19-2)4-3-5-17(8-15)14(18)10-6-12-13(7-11(10)16)21-9-20-12/h6-7H,3-5,8-9,16H2,1-2H3. The Morgan fingerprint density at radius 2 is 2.10 bits per heavy atom. The predicted octanol–water partition coefficient (Wildman–Crippen LogP) is 1.64. The van der Waals surface area contributed by atoms with E-state index in [1.807, 2.05) is 6.92 Å². The van der Waals surface area contributed by atoms with Gasteiger partial charge in [0.1, 0.15) is 0 Å². The van der Waals surface area contributed by atoms with Crippen molar-refractivity contribution < 1.29 is 19.0 Å². The van der Waals surface area contributed by atoms with Crippen molar-refractivity contribution >= 4 is 11.6 Å². The summed E-state index contributed by atoms with van der Waals surface area (Å²) in [6, 6.07) is 3.31. The summed E-state index contributed by atoms with van der Waals surface area (Å²) in [7, 11) is 1.68. The quantitative estimate of drug-likeness (QED) is 0.839. The third kappa shape index (κ3) is 2.51. The molecule has 0 radical (unpaired) electrons. The van der Waals surface area contributed by atoms with Crippen LogP contribution in [0.5, 0.6) is 11.5 Å². The van der Waals surface area contributed by atoms with Gasteiger partial charge in [-0.1, -0.05) is 0 Å². The second-order valence-electron chi connectivity index (χ2n) is 5.78. The number of rotatable bonds is 2. The number of hydrogen-bond donors (Lipinski definition) is 1. The first-order valence-corrected chi connectivity index (χ1v) is 7.06. The number of carbonyl (C=O) groups excluding carboxylic acids is 1. The van der Waals surface area contributed by atoms with Crippen molar-refractivity contribution in [1.29, 1.82) is 0 Å². The van der Waals surface area contributed by atoms with Gasteiger partial charge in [-0.25, -0.2) is 0 Å². The zero-order valence-electron chi connectivity index (χ0n) is 12.3. The molecule has 1 unspecified atom stereocenters. The molecule has 1 aromatic rings. The lowest BCUT2D eigenvalue weighted by atomic mass is 9.94. The summed E-state index contributed by atoms with van der Waals surface area (Å²) in [5, 5.41) is 0. The van der Waals surface area contributed by atoms with Crippen LogP contribution in [0.4, 0.5) is 5.69 Å². The number of benzene rings is 1. The smallest absolute Gasteiger partial charge is 0.256 e. The van der Waals surface area contributed by atoms with Gasteiger partial charge >= 0.3 is 0 Å². The third-order valence-corrected chi connectivity index (χ3v) is 4.21. The Kier molecular flexibility index (Phi) is 3.41. The molecule has 2 aliphatic heterocycles. The van der Waals surface area contributed by atoms with Crippen molar-refractivity contribution in [3.05, 3.63) is 17.7 Å². The fraction of sp³-hybridized carbons (Fsp3) is 0.533. The van der Waals surface area contributed by atoms with Crippen LogP contribution in [0.3, 0.4) is 0 Å². The first-order valence-electron chi connectivity index (χ1n) is 7.06. The number of methoxy groups -OCH3 is 1. The molecular formula is C15H20N2O4. The average Bonchev–Trinajstić information content (AvgIpc) is 2.93. The van der Waals surface area contributed by atoms with E-state index in [1.54, 1.807) is 24.1 Å². The number of anilines is 1. The monoisotopic (exact) mass is 292 g/mol. The number of carbonyl (C=O) groups is 1. The second-order valence-corrected chi connectivity index (χ2v) is 5.78. The molecule has 6 nitrogen and oxygen atoms in total. The summed E-state index contributed by atoms with van der Waals surface area (Å²) in [6.07, 6.45) is 1.87. The van der Waals surface area contributed by atoms with E-state index >= 15 is 0 Å². The molecule has 0 bridgehead atoms. The van der Waals surface area contributed by atoms with Gasteiger partial charge in [0, 0.05) is 32.0 Å². The molecule has 1 fully saturated rings. The highest BCUT2D eigenvalue weighted by Gasteiger charge is 2.34. The molecule has 1 atom stereocenters. The molecule has 1 aromatic carbocycles. The summed E-state index contributed by atoms with van der Waals surface area (Å²) < 4.78 is 16.1. The van der Waals surface area contributed by atoms with Crippen LogP contribution in [0.25, 0.3) is 0 Å². The maximum atomic E-state index is 12.7. The van der Waals surface area contributed by atoms with Crippen molar-refractivity contribution in [2.75, 3.05) is 32.7 Å². The number of nitrogens with zero attached hydrogens (tertiary/aromatic N) is 1. The molecule has 2 aliphatic rings. The fourth-order valence-corrected chi connectivity index (χ4v) is 2.86. The highest BCUT2D eigenvalue weighted by atomic mass is 16.7. The molecule has 114 valence electrons. The summed E-state index contributed by atoms with van der Waals surface area (Å²) in [5.41, 5.74) is 6.56. The van der Waals surface area contributed by atoms with E-state index in [9.17, 15) is 4.79 Å². The topological polar surface area (TPSA) is 74.0 Å². The number of likely N-dealkylation sites (tertiary alicyclic amines) is 1. The molecule has 6 heteroatoms. The van der Waals surface area contributed by atoms with Gasteiger partial charge in [-0.3, -0.25) is 4.79 Å². The zero-order valence-corrected chi connectivity index (χ0v) is 12.3. The number of hydrogen-bond acceptors (Lipinski definition) is 5. The van der Waals surface area contributed by atoms with E-state index < -0.39 is 0 Å². The Morgan fingerprint density at radius 3 is 2.81 bits per heavy atom. The number of fused-ring (bicyclic) bond motifs is 1. The van der Waals surface area contributed by atoms with Gasteiger partial charge in [0.15, 0.2) is 11.5 Å². The van der Waals surface area contributed by atoms with Gasteiger partial charge < -0.3 is 24.8 Å². The van der Waals surface area contributed by atoms with E-state index in [0.717, 1.165) is 12.8 Å². The van der Waals surface area contributed by atoms with Crippen molar-refractivity contribution in [1.82, 2.24) is 4.90 Å². The summed E-state index contributed by atoms with van der Waals surface area (Å²) in [4.78, 5) is 14.5. The Labute approximate surface area is 123 Å². The van der Waals surface area contributed by atoms with Crippen LogP contribution in [-0.2, 0) is 4.74 Å². The number of nitrogen functional groups attached to an aromatic ring is 1. The van der Waals surface area contributed by atoms with E-state index in [1.165, 1.54) is 0 Å². The highest BCUT2D eigenvalue weighted by molar-refractivity contribution is 6.00. The van der Waals surface area contributed by atoms with Crippen molar-refractivity contribution in [3.8, 4) is 11.5 Å². The molecular weight excluding hydrogens is 272 g/mol. The van der Waals surface area contributed by atoms with Gasteiger partial charge in [-0.2, -0.15) is 0 Å². The number of ether oxygens (including phenoxy) is 3. The maximum absolute atomic E-state index is 12.7. The lowest BCUT2D eigenvalue weighted by molar-refractivity contribution is -0.0439. The Morgan fingerprint density at radius 1 is 1.38 bits per heavy atom. The van der Waals surface area contributed by atoms with E-state index in [-0.39, 0.29) is 18.3 Å². The molecule has 2 N–H and O–H groups in total. The van der Waals surface area contributed by atoms with Gasteiger partial charge in [0.05, 0.1) is 11.2 Å².